The Morgan fingerprint density at radius 1 is 1.19 bits per heavy atom. The number of rotatable bonds is 7. The Morgan fingerprint density at radius 3 is 2.69 bits per heavy atom. The largest absolute Gasteiger partial charge is 0.495 e. The fourth-order valence-corrected chi connectivity index (χ4v) is 4.12. The number of nitrogens with zero attached hydrogens (tertiary/aromatic N) is 1. The highest BCUT2D eigenvalue weighted by atomic mass is 35.5. The van der Waals surface area contributed by atoms with Crippen LogP contribution in [0.5, 0.6) is 11.5 Å². The topological polar surface area (TPSA) is 77.5 Å². The van der Waals surface area contributed by atoms with Gasteiger partial charge in [0, 0.05) is 5.38 Å². The van der Waals surface area contributed by atoms with E-state index in [0.29, 0.717) is 17.2 Å². The predicted octanol–water partition coefficient (Wildman–Crippen LogP) is 4.18. The van der Waals surface area contributed by atoms with Gasteiger partial charge in [0.15, 0.2) is 0 Å². The minimum absolute atomic E-state index is 0.0256. The zero-order valence-electron chi connectivity index (χ0n) is 13.7. The minimum atomic E-state index is -3.84. The minimum Gasteiger partial charge on any atom is -0.495 e. The number of aromatic nitrogens is 1. The molecule has 0 amide bonds. The van der Waals surface area contributed by atoms with Crippen LogP contribution in [-0.4, -0.2) is 20.5 Å². The van der Waals surface area contributed by atoms with E-state index in [4.69, 9.17) is 21.1 Å². The fourth-order valence-electron chi connectivity index (χ4n) is 2.16. The molecule has 6 nitrogen and oxygen atoms in total. The number of hydrogen-bond donors (Lipinski definition) is 1. The highest BCUT2D eigenvalue weighted by molar-refractivity contribution is 7.92. The van der Waals surface area contributed by atoms with Crippen LogP contribution in [0.2, 0.25) is 5.02 Å². The van der Waals surface area contributed by atoms with Crippen LogP contribution in [0.15, 0.2) is 58.3 Å². The van der Waals surface area contributed by atoms with Gasteiger partial charge in [-0.15, -0.1) is 11.3 Å². The Balaban J connectivity index is 1.82. The third kappa shape index (κ3) is 4.27. The molecule has 3 aromatic rings. The van der Waals surface area contributed by atoms with E-state index in [2.05, 4.69) is 9.71 Å². The molecule has 2 aromatic carbocycles. The van der Waals surface area contributed by atoms with Crippen molar-refractivity contribution >= 4 is 38.6 Å². The van der Waals surface area contributed by atoms with E-state index in [0.717, 1.165) is 5.69 Å². The first-order chi connectivity index (χ1) is 12.5. The summed E-state index contributed by atoms with van der Waals surface area (Å²) in [5, 5.41) is 2.08. The molecule has 0 bridgehead atoms. The zero-order valence-corrected chi connectivity index (χ0v) is 16.1. The van der Waals surface area contributed by atoms with E-state index >= 15 is 0 Å². The molecular weight excluding hydrogens is 396 g/mol. The van der Waals surface area contributed by atoms with Crippen LogP contribution in [0, 0.1) is 0 Å². The number of sulfonamides is 1. The summed E-state index contributed by atoms with van der Waals surface area (Å²) < 4.78 is 38.6. The Morgan fingerprint density at radius 2 is 2.00 bits per heavy atom. The van der Waals surface area contributed by atoms with E-state index in [1.807, 2.05) is 5.38 Å². The van der Waals surface area contributed by atoms with Crippen LogP contribution in [0.1, 0.15) is 5.69 Å². The second kappa shape index (κ2) is 7.94. The highest BCUT2D eigenvalue weighted by Crippen LogP contribution is 2.30. The Hall–Kier alpha value is -2.29. The quantitative estimate of drug-likeness (QED) is 0.632. The second-order valence-corrected chi connectivity index (χ2v) is 7.97. The average Bonchev–Trinajstić information content (AvgIpc) is 3.14. The molecule has 0 saturated heterocycles. The molecule has 136 valence electrons. The second-order valence-electron chi connectivity index (χ2n) is 5.17. The molecule has 0 aliphatic heterocycles. The Bertz CT molecular complexity index is 992. The summed E-state index contributed by atoms with van der Waals surface area (Å²) in [4.78, 5) is 4.16. The molecule has 0 aliphatic carbocycles. The maximum absolute atomic E-state index is 12.7. The van der Waals surface area contributed by atoms with Crippen LogP contribution in [0.25, 0.3) is 0 Å². The summed E-state index contributed by atoms with van der Waals surface area (Å²) in [5.74, 6) is 0.807. The van der Waals surface area contributed by atoms with Gasteiger partial charge in [-0.25, -0.2) is 13.4 Å². The lowest BCUT2D eigenvalue weighted by molar-refractivity contribution is 0.304. The summed E-state index contributed by atoms with van der Waals surface area (Å²) in [5.41, 5.74) is 2.81. The van der Waals surface area contributed by atoms with Crippen molar-refractivity contribution in [3.05, 3.63) is 64.1 Å². The van der Waals surface area contributed by atoms with Gasteiger partial charge in [-0.05, 0) is 30.3 Å². The third-order valence-corrected chi connectivity index (χ3v) is 5.72. The lowest BCUT2D eigenvalue weighted by Gasteiger charge is -2.13. The first-order valence-corrected chi connectivity index (χ1v) is 10.3. The van der Waals surface area contributed by atoms with Crippen LogP contribution >= 0.6 is 22.9 Å². The molecule has 0 aliphatic rings. The van der Waals surface area contributed by atoms with Gasteiger partial charge >= 0.3 is 0 Å². The lowest BCUT2D eigenvalue weighted by Crippen LogP contribution is -2.14. The Labute approximate surface area is 160 Å². The number of benzene rings is 2. The number of para-hydroxylation sites is 2. The monoisotopic (exact) mass is 410 g/mol. The molecule has 1 N–H and O–H groups in total. The molecule has 0 atom stereocenters. The maximum Gasteiger partial charge on any atom is 0.262 e. The highest BCUT2D eigenvalue weighted by Gasteiger charge is 2.18. The molecule has 1 heterocycles. The molecular formula is C17H15ClN2O4S2. The van der Waals surface area contributed by atoms with E-state index in [9.17, 15) is 8.42 Å². The lowest BCUT2D eigenvalue weighted by atomic mass is 10.3. The SMILES string of the molecule is COc1ccc(S(=O)(=O)Nc2ccccc2OCc2cscn2)cc1Cl. The van der Waals surface area contributed by atoms with E-state index in [1.54, 1.807) is 29.8 Å². The van der Waals surface area contributed by atoms with Crippen molar-refractivity contribution in [2.75, 3.05) is 11.8 Å². The van der Waals surface area contributed by atoms with Gasteiger partial charge in [0.2, 0.25) is 0 Å². The number of nitrogens with one attached hydrogen (secondary N) is 1. The van der Waals surface area contributed by atoms with Gasteiger partial charge in [0.1, 0.15) is 18.1 Å². The maximum atomic E-state index is 12.7. The van der Waals surface area contributed by atoms with Crippen molar-refractivity contribution in [1.82, 2.24) is 4.98 Å². The van der Waals surface area contributed by atoms with Crippen LogP contribution in [0.3, 0.4) is 0 Å². The van der Waals surface area contributed by atoms with Gasteiger partial charge in [-0.2, -0.15) is 0 Å². The van der Waals surface area contributed by atoms with Crippen molar-refractivity contribution in [3.63, 3.8) is 0 Å². The molecule has 0 saturated carbocycles. The molecule has 0 unspecified atom stereocenters. The van der Waals surface area contributed by atoms with Crippen LogP contribution < -0.4 is 14.2 Å². The number of ether oxygens (including phenoxy) is 2. The van der Waals surface area contributed by atoms with E-state index in [1.165, 1.54) is 36.6 Å². The van der Waals surface area contributed by atoms with Gasteiger partial charge in [-0.1, -0.05) is 23.7 Å². The summed E-state index contributed by atoms with van der Waals surface area (Å²) in [6.07, 6.45) is 0. The predicted molar refractivity (Wildman–Crippen MR) is 102 cm³/mol. The first kappa shape index (κ1) is 18.5. The molecule has 9 heteroatoms. The van der Waals surface area contributed by atoms with Crippen LogP contribution in [0.4, 0.5) is 5.69 Å². The van der Waals surface area contributed by atoms with Gasteiger partial charge in [0.25, 0.3) is 10.0 Å². The number of halogens is 1. The van der Waals surface area contributed by atoms with Gasteiger partial charge < -0.3 is 9.47 Å². The van der Waals surface area contributed by atoms with Gasteiger partial charge in [-0.3, -0.25) is 4.72 Å². The van der Waals surface area contributed by atoms with Crippen LogP contribution in [-0.2, 0) is 16.6 Å². The molecule has 1 aromatic heterocycles. The zero-order chi connectivity index (χ0) is 18.6. The van der Waals surface area contributed by atoms with Crippen molar-refractivity contribution in [3.8, 4) is 11.5 Å². The number of hydrogen-bond acceptors (Lipinski definition) is 6. The number of methoxy groups -OCH3 is 1. The summed E-state index contributed by atoms with van der Waals surface area (Å²) in [7, 11) is -2.38. The standard InChI is InChI=1S/C17H15ClN2O4S2/c1-23-16-7-6-13(8-14(16)18)26(21,22)20-15-4-2-3-5-17(15)24-9-12-10-25-11-19-12/h2-8,10-11,20H,9H2,1H3. The van der Waals surface area contributed by atoms with Gasteiger partial charge in [0.05, 0.1) is 33.9 Å². The van der Waals surface area contributed by atoms with E-state index in [-0.39, 0.29) is 16.5 Å². The molecule has 0 spiro atoms. The molecule has 0 fully saturated rings. The first-order valence-electron chi connectivity index (χ1n) is 7.45. The van der Waals surface area contributed by atoms with Crippen molar-refractivity contribution in [2.24, 2.45) is 0 Å². The number of anilines is 1. The third-order valence-electron chi connectivity index (χ3n) is 3.42. The van der Waals surface area contributed by atoms with Crippen molar-refractivity contribution < 1.29 is 17.9 Å². The van der Waals surface area contributed by atoms with Crippen molar-refractivity contribution in [1.29, 1.82) is 0 Å². The average molecular weight is 411 g/mol. The summed E-state index contributed by atoms with van der Waals surface area (Å²) in [6.45, 7) is 0.247. The molecule has 3 rings (SSSR count). The normalized spacial score (nSPS) is 11.2. The Kier molecular flexibility index (Phi) is 5.65. The fraction of sp³-hybridized carbons (Fsp3) is 0.118. The molecule has 26 heavy (non-hydrogen) atoms. The smallest absolute Gasteiger partial charge is 0.262 e. The summed E-state index contributed by atoms with van der Waals surface area (Å²) >= 11 is 7.49. The number of thiazole rings is 1. The summed E-state index contributed by atoms with van der Waals surface area (Å²) in [6, 6.07) is 11.0. The van der Waals surface area contributed by atoms with E-state index < -0.39 is 10.0 Å². The van der Waals surface area contributed by atoms with Crippen molar-refractivity contribution in [2.45, 2.75) is 11.5 Å². The molecule has 0 radical (unpaired) electrons.